The van der Waals surface area contributed by atoms with Gasteiger partial charge in [0, 0.05) is 22.6 Å². The highest BCUT2D eigenvalue weighted by atomic mass is 16.3. The zero-order valence-electron chi connectivity index (χ0n) is 12.1. The number of aromatic hydroxyl groups is 3. The molecule has 0 atom stereocenters. The molecule has 0 amide bonds. The largest absolute Gasteiger partial charge is 0.508 e. The van der Waals surface area contributed by atoms with Crippen molar-refractivity contribution in [2.45, 2.75) is 25.7 Å². The number of hydrogen-bond acceptors (Lipinski definition) is 3. The van der Waals surface area contributed by atoms with Crippen LogP contribution in [0.4, 0.5) is 0 Å². The molecule has 0 radical (unpaired) electrons. The zero-order valence-corrected chi connectivity index (χ0v) is 12.1. The second-order valence-electron chi connectivity index (χ2n) is 5.96. The minimum absolute atomic E-state index is 0.0358. The second kappa shape index (κ2) is 4.55. The number of allylic oxidation sites excluding steroid dienone is 2. The van der Waals surface area contributed by atoms with Gasteiger partial charge in [0.2, 0.25) is 0 Å². The molecule has 2 aromatic carbocycles. The molecule has 0 aliphatic heterocycles. The van der Waals surface area contributed by atoms with Crippen molar-refractivity contribution < 1.29 is 15.3 Å². The molecule has 1 aliphatic rings. The van der Waals surface area contributed by atoms with Crippen LogP contribution in [0.2, 0.25) is 0 Å². The molecule has 0 saturated heterocycles. The molecule has 21 heavy (non-hydrogen) atoms. The van der Waals surface area contributed by atoms with E-state index in [2.05, 4.69) is 6.08 Å². The smallest absolute Gasteiger partial charge is 0.126 e. The van der Waals surface area contributed by atoms with Crippen LogP contribution in [0, 0.1) is 0 Å². The average molecular weight is 282 g/mol. The molecule has 0 heterocycles. The summed E-state index contributed by atoms with van der Waals surface area (Å²) in [4.78, 5) is 0. The molecule has 3 heteroatoms. The molecule has 0 saturated carbocycles. The van der Waals surface area contributed by atoms with E-state index in [0.717, 1.165) is 16.7 Å². The molecule has 0 aromatic heterocycles. The summed E-state index contributed by atoms with van der Waals surface area (Å²) in [5.41, 5.74) is 3.21. The molecule has 108 valence electrons. The Morgan fingerprint density at radius 2 is 1.71 bits per heavy atom. The van der Waals surface area contributed by atoms with E-state index in [4.69, 9.17) is 0 Å². The first-order valence-corrected chi connectivity index (χ1v) is 6.95. The molecule has 0 bridgehead atoms. The summed E-state index contributed by atoms with van der Waals surface area (Å²) < 4.78 is 0. The Morgan fingerprint density at radius 3 is 2.43 bits per heavy atom. The van der Waals surface area contributed by atoms with E-state index in [-0.39, 0.29) is 17.2 Å². The van der Waals surface area contributed by atoms with Crippen molar-refractivity contribution in [3.05, 3.63) is 59.2 Å². The normalized spacial score (nSPS) is 16.2. The predicted molar refractivity (Wildman–Crippen MR) is 82.6 cm³/mol. The van der Waals surface area contributed by atoms with Gasteiger partial charge >= 0.3 is 0 Å². The van der Waals surface area contributed by atoms with E-state index in [9.17, 15) is 15.3 Å². The summed E-state index contributed by atoms with van der Waals surface area (Å²) in [6, 6.07) is 10.2. The van der Waals surface area contributed by atoms with E-state index in [1.54, 1.807) is 18.2 Å². The number of rotatable bonds is 1. The number of fused-ring (bicyclic) bond motifs is 1. The van der Waals surface area contributed by atoms with Crippen molar-refractivity contribution in [1.29, 1.82) is 0 Å². The first-order valence-electron chi connectivity index (χ1n) is 6.95. The third-order valence-corrected chi connectivity index (χ3v) is 4.22. The van der Waals surface area contributed by atoms with Gasteiger partial charge in [-0.05, 0) is 35.8 Å². The predicted octanol–water partition coefficient (Wildman–Crippen LogP) is 3.72. The van der Waals surface area contributed by atoms with Gasteiger partial charge in [-0.3, -0.25) is 0 Å². The zero-order chi connectivity index (χ0) is 15.2. The fourth-order valence-corrected chi connectivity index (χ4v) is 3.27. The van der Waals surface area contributed by atoms with Crippen LogP contribution in [0.1, 0.15) is 30.5 Å². The molecule has 3 N–H and O–H groups in total. The summed E-state index contributed by atoms with van der Waals surface area (Å²) in [5, 5.41) is 29.8. The fraction of sp³-hybridized carbons (Fsp3) is 0.222. The molecule has 1 aliphatic carbocycles. The Bertz CT molecular complexity index is 742. The average Bonchev–Trinajstić information content (AvgIpc) is 2.40. The lowest BCUT2D eigenvalue weighted by atomic mass is 9.69. The van der Waals surface area contributed by atoms with Crippen molar-refractivity contribution in [3.8, 4) is 17.2 Å². The Hall–Kier alpha value is -2.42. The molecule has 0 fully saturated rings. The first kappa shape index (κ1) is 13.6. The number of phenols is 3. The van der Waals surface area contributed by atoms with Crippen molar-refractivity contribution in [2.24, 2.45) is 0 Å². The standard InChI is InChI=1S/C18H18O3/c1-18(2)14(13-8-7-12(19)10-16(13)21)9-6-11-4-3-5-15(20)17(11)18/h3-5,7-10,19-21H,6H2,1-2H3. The number of hydrogen-bond donors (Lipinski definition) is 3. The molecule has 0 spiro atoms. The fourth-order valence-electron chi connectivity index (χ4n) is 3.27. The Labute approximate surface area is 123 Å². The second-order valence-corrected chi connectivity index (χ2v) is 5.96. The lowest BCUT2D eigenvalue weighted by molar-refractivity contribution is 0.445. The summed E-state index contributed by atoms with van der Waals surface area (Å²) in [7, 11) is 0. The van der Waals surface area contributed by atoms with E-state index in [1.807, 2.05) is 26.0 Å². The molecule has 2 aromatic rings. The summed E-state index contributed by atoms with van der Waals surface area (Å²) in [6.07, 6.45) is 2.79. The minimum atomic E-state index is -0.423. The van der Waals surface area contributed by atoms with Gasteiger partial charge in [0.05, 0.1) is 0 Å². The maximum absolute atomic E-state index is 10.2. The quantitative estimate of drug-likeness (QED) is 0.747. The first-order chi connectivity index (χ1) is 9.91. The van der Waals surface area contributed by atoms with Crippen LogP contribution in [0.3, 0.4) is 0 Å². The van der Waals surface area contributed by atoms with Gasteiger partial charge in [0.15, 0.2) is 0 Å². The van der Waals surface area contributed by atoms with Crippen LogP contribution < -0.4 is 0 Å². The van der Waals surface area contributed by atoms with Crippen LogP contribution in [-0.4, -0.2) is 15.3 Å². The van der Waals surface area contributed by atoms with Crippen molar-refractivity contribution in [1.82, 2.24) is 0 Å². The lowest BCUT2D eigenvalue weighted by Gasteiger charge is -2.35. The van der Waals surface area contributed by atoms with E-state index in [0.29, 0.717) is 12.0 Å². The lowest BCUT2D eigenvalue weighted by Crippen LogP contribution is -2.25. The summed E-state index contributed by atoms with van der Waals surface area (Å²) in [5.74, 6) is 0.364. The molecule has 0 unspecified atom stereocenters. The minimum Gasteiger partial charge on any atom is -0.508 e. The van der Waals surface area contributed by atoms with Crippen LogP contribution in [0.5, 0.6) is 17.2 Å². The SMILES string of the molecule is CC1(C)C(c2ccc(O)cc2O)=CCc2cccc(O)c21. The highest BCUT2D eigenvalue weighted by Crippen LogP contribution is 2.48. The third-order valence-electron chi connectivity index (χ3n) is 4.22. The Morgan fingerprint density at radius 1 is 0.952 bits per heavy atom. The van der Waals surface area contributed by atoms with Crippen LogP contribution in [0.15, 0.2) is 42.5 Å². The van der Waals surface area contributed by atoms with Crippen LogP contribution in [-0.2, 0) is 11.8 Å². The Balaban J connectivity index is 2.18. The summed E-state index contributed by atoms with van der Waals surface area (Å²) >= 11 is 0. The van der Waals surface area contributed by atoms with Gasteiger partial charge in [0.25, 0.3) is 0 Å². The van der Waals surface area contributed by atoms with Gasteiger partial charge in [-0.25, -0.2) is 0 Å². The van der Waals surface area contributed by atoms with Crippen molar-refractivity contribution in [3.63, 3.8) is 0 Å². The van der Waals surface area contributed by atoms with Crippen LogP contribution >= 0.6 is 0 Å². The van der Waals surface area contributed by atoms with E-state index in [1.165, 1.54) is 6.07 Å². The molecule has 3 rings (SSSR count). The van der Waals surface area contributed by atoms with E-state index >= 15 is 0 Å². The van der Waals surface area contributed by atoms with Crippen molar-refractivity contribution in [2.75, 3.05) is 0 Å². The van der Waals surface area contributed by atoms with Gasteiger partial charge in [0.1, 0.15) is 17.2 Å². The van der Waals surface area contributed by atoms with E-state index < -0.39 is 5.41 Å². The Kier molecular flexibility index (Phi) is 2.94. The maximum atomic E-state index is 10.2. The molecular weight excluding hydrogens is 264 g/mol. The summed E-state index contributed by atoms with van der Waals surface area (Å²) in [6.45, 7) is 4.06. The highest BCUT2D eigenvalue weighted by Gasteiger charge is 2.35. The van der Waals surface area contributed by atoms with Gasteiger partial charge < -0.3 is 15.3 Å². The highest BCUT2D eigenvalue weighted by molar-refractivity contribution is 5.81. The number of benzene rings is 2. The van der Waals surface area contributed by atoms with Gasteiger partial charge in [-0.15, -0.1) is 0 Å². The topological polar surface area (TPSA) is 60.7 Å². The third kappa shape index (κ3) is 2.05. The maximum Gasteiger partial charge on any atom is 0.126 e. The monoisotopic (exact) mass is 282 g/mol. The number of phenolic OH excluding ortho intramolecular Hbond substituents is 3. The van der Waals surface area contributed by atoms with Gasteiger partial charge in [-0.1, -0.05) is 32.1 Å². The van der Waals surface area contributed by atoms with Crippen molar-refractivity contribution >= 4 is 5.57 Å². The van der Waals surface area contributed by atoms with Crippen LogP contribution in [0.25, 0.3) is 5.57 Å². The molecule has 3 nitrogen and oxygen atoms in total. The van der Waals surface area contributed by atoms with Gasteiger partial charge in [-0.2, -0.15) is 0 Å². The molecular formula is C18H18O3.